The summed E-state index contributed by atoms with van der Waals surface area (Å²) >= 11 is 0. The van der Waals surface area contributed by atoms with Gasteiger partial charge in [-0.05, 0) is 52.4 Å². The fourth-order valence-corrected chi connectivity index (χ4v) is 3.68. The highest BCUT2D eigenvalue weighted by molar-refractivity contribution is 5.87. The Morgan fingerprint density at radius 2 is 1.80 bits per heavy atom. The molecule has 25 heavy (non-hydrogen) atoms. The minimum atomic E-state index is -0.692. The Bertz CT molecular complexity index is 569. The van der Waals surface area contributed by atoms with Crippen LogP contribution in [-0.4, -0.2) is 40.6 Å². The molecule has 1 saturated heterocycles. The van der Waals surface area contributed by atoms with Gasteiger partial charge in [0.05, 0.1) is 12.1 Å². The van der Waals surface area contributed by atoms with E-state index in [1.807, 2.05) is 0 Å². The Labute approximate surface area is 149 Å². The van der Waals surface area contributed by atoms with Crippen molar-refractivity contribution in [1.82, 2.24) is 10.2 Å². The molecule has 1 saturated carbocycles. The number of ether oxygens (including phenoxy) is 1. The van der Waals surface area contributed by atoms with Crippen molar-refractivity contribution in [1.29, 1.82) is 5.26 Å². The van der Waals surface area contributed by atoms with Crippen LogP contribution in [0, 0.1) is 29.6 Å². The van der Waals surface area contributed by atoms with Gasteiger partial charge in [-0.15, -0.1) is 6.42 Å². The van der Waals surface area contributed by atoms with Crippen LogP contribution in [0.25, 0.3) is 0 Å². The van der Waals surface area contributed by atoms with Crippen molar-refractivity contribution in [2.75, 3.05) is 0 Å². The van der Waals surface area contributed by atoms with E-state index in [0.29, 0.717) is 12.8 Å². The molecule has 0 bridgehead atoms. The molecular formula is C19H27N3O3. The molecule has 1 heterocycles. The minimum absolute atomic E-state index is 0.0541. The van der Waals surface area contributed by atoms with Crippen molar-refractivity contribution in [3.05, 3.63) is 0 Å². The van der Waals surface area contributed by atoms with E-state index < -0.39 is 23.8 Å². The van der Waals surface area contributed by atoms with Gasteiger partial charge in [0.2, 0.25) is 5.91 Å². The first kappa shape index (κ1) is 19.1. The lowest BCUT2D eigenvalue weighted by molar-refractivity contribution is -0.136. The summed E-state index contributed by atoms with van der Waals surface area (Å²) in [6, 6.07) is 0.552. The first-order chi connectivity index (χ1) is 11.8. The maximum atomic E-state index is 13.2. The van der Waals surface area contributed by atoms with E-state index in [2.05, 4.69) is 17.3 Å². The van der Waals surface area contributed by atoms with Gasteiger partial charge < -0.3 is 15.0 Å². The van der Waals surface area contributed by atoms with E-state index in [0.717, 1.165) is 25.7 Å². The Balaban J connectivity index is 2.19. The predicted octanol–water partition coefficient (Wildman–Crippen LogP) is 2.59. The van der Waals surface area contributed by atoms with Gasteiger partial charge >= 0.3 is 6.09 Å². The Morgan fingerprint density at radius 1 is 1.20 bits per heavy atom. The molecule has 6 heteroatoms. The lowest BCUT2D eigenvalue weighted by Crippen LogP contribution is -2.55. The number of amides is 2. The molecule has 2 fully saturated rings. The van der Waals surface area contributed by atoms with E-state index in [-0.39, 0.29) is 17.9 Å². The molecule has 3 atom stereocenters. The van der Waals surface area contributed by atoms with E-state index in [1.54, 1.807) is 20.8 Å². The Kier molecular flexibility index (Phi) is 5.95. The molecule has 6 nitrogen and oxygen atoms in total. The normalized spacial score (nSPS) is 25.1. The number of carbonyl (C=O) groups excluding carboxylic acids is 2. The number of nitriles is 1. The van der Waals surface area contributed by atoms with E-state index >= 15 is 0 Å². The first-order valence-corrected chi connectivity index (χ1v) is 8.94. The third-order valence-corrected chi connectivity index (χ3v) is 4.79. The number of rotatable bonds is 3. The molecule has 1 aliphatic carbocycles. The van der Waals surface area contributed by atoms with E-state index in [9.17, 15) is 14.9 Å². The average molecular weight is 345 g/mol. The molecule has 2 unspecified atom stereocenters. The SMILES string of the molecule is C#CC1CCC(C#N)N1C(=O)[C@H](NC(=O)OC(C)(C)C)C1CCCC1. The number of hydrogen-bond acceptors (Lipinski definition) is 4. The molecule has 136 valence electrons. The monoisotopic (exact) mass is 345 g/mol. The number of likely N-dealkylation sites (tertiary alicyclic amines) is 1. The van der Waals surface area contributed by atoms with Crippen molar-refractivity contribution in [3.63, 3.8) is 0 Å². The van der Waals surface area contributed by atoms with Crippen molar-refractivity contribution in [2.24, 2.45) is 5.92 Å². The van der Waals surface area contributed by atoms with Gasteiger partial charge in [0.25, 0.3) is 0 Å². The highest BCUT2D eigenvalue weighted by Crippen LogP contribution is 2.32. The summed E-state index contributed by atoms with van der Waals surface area (Å²) in [5.41, 5.74) is -0.641. The molecule has 2 amide bonds. The van der Waals surface area contributed by atoms with Gasteiger partial charge in [-0.1, -0.05) is 18.8 Å². The van der Waals surface area contributed by atoms with Crippen LogP contribution in [-0.2, 0) is 9.53 Å². The second-order valence-corrected chi connectivity index (χ2v) is 7.82. The maximum Gasteiger partial charge on any atom is 0.408 e. The number of nitrogens with zero attached hydrogens (tertiary/aromatic N) is 2. The standard InChI is InChI=1S/C19H27N3O3/c1-5-14-10-11-15(12-20)22(14)17(23)16(13-8-6-7-9-13)21-18(24)25-19(2,3)4/h1,13-16H,6-11H2,2-4H3,(H,21,24)/t14?,15?,16-/m1/s1. The summed E-state index contributed by atoms with van der Waals surface area (Å²) in [6.07, 6.45) is 9.94. The van der Waals surface area contributed by atoms with Crippen LogP contribution >= 0.6 is 0 Å². The maximum absolute atomic E-state index is 13.2. The molecule has 1 N–H and O–H groups in total. The van der Waals surface area contributed by atoms with Gasteiger partial charge in [0.15, 0.2) is 0 Å². The van der Waals surface area contributed by atoms with Crippen LogP contribution in [0.15, 0.2) is 0 Å². The Morgan fingerprint density at radius 3 is 2.32 bits per heavy atom. The lowest BCUT2D eigenvalue weighted by Gasteiger charge is -2.32. The zero-order valence-corrected chi connectivity index (χ0v) is 15.2. The summed E-state index contributed by atoms with van der Waals surface area (Å²) in [7, 11) is 0. The summed E-state index contributed by atoms with van der Waals surface area (Å²) in [5.74, 6) is 2.40. The largest absolute Gasteiger partial charge is 0.444 e. The molecule has 0 radical (unpaired) electrons. The highest BCUT2D eigenvalue weighted by Gasteiger charge is 2.43. The van der Waals surface area contributed by atoms with Crippen molar-refractivity contribution in [2.45, 2.75) is 83.0 Å². The summed E-state index contributed by atoms with van der Waals surface area (Å²) in [4.78, 5) is 26.9. The zero-order valence-electron chi connectivity index (χ0n) is 15.2. The topological polar surface area (TPSA) is 82.4 Å². The van der Waals surface area contributed by atoms with Gasteiger partial charge in [0, 0.05) is 0 Å². The summed E-state index contributed by atoms with van der Waals surface area (Å²) < 4.78 is 5.32. The number of hydrogen-bond donors (Lipinski definition) is 1. The second kappa shape index (κ2) is 7.78. The highest BCUT2D eigenvalue weighted by atomic mass is 16.6. The van der Waals surface area contributed by atoms with Crippen LogP contribution in [0.5, 0.6) is 0 Å². The number of nitrogens with one attached hydrogen (secondary N) is 1. The van der Waals surface area contributed by atoms with Gasteiger partial charge in [0.1, 0.15) is 17.7 Å². The number of terminal acetylenes is 1. The molecule has 2 rings (SSSR count). The van der Waals surface area contributed by atoms with Gasteiger partial charge in [-0.2, -0.15) is 5.26 Å². The Hall–Kier alpha value is -2.21. The third-order valence-electron chi connectivity index (χ3n) is 4.79. The molecular weight excluding hydrogens is 318 g/mol. The number of alkyl carbamates (subject to hydrolysis) is 1. The van der Waals surface area contributed by atoms with Crippen molar-refractivity contribution < 1.29 is 14.3 Å². The zero-order chi connectivity index (χ0) is 18.6. The average Bonchev–Trinajstić information content (AvgIpc) is 3.18. The van der Waals surface area contributed by atoms with Gasteiger partial charge in [-0.3, -0.25) is 4.79 Å². The van der Waals surface area contributed by atoms with Crippen LogP contribution in [0.4, 0.5) is 4.79 Å². The third kappa shape index (κ3) is 4.66. The second-order valence-electron chi connectivity index (χ2n) is 7.82. The lowest BCUT2D eigenvalue weighted by atomic mass is 9.96. The van der Waals surface area contributed by atoms with Crippen LogP contribution in [0.1, 0.15) is 59.3 Å². The van der Waals surface area contributed by atoms with E-state index in [4.69, 9.17) is 11.2 Å². The van der Waals surface area contributed by atoms with Crippen LogP contribution < -0.4 is 5.32 Å². The van der Waals surface area contributed by atoms with Crippen molar-refractivity contribution in [3.8, 4) is 18.4 Å². The van der Waals surface area contributed by atoms with E-state index in [1.165, 1.54) is 4.90 Å². The van der Waals surface area contributed by atoms with Crippen LogP contribution in [0.3, 0.4) is 0 Å². The number of carbonyl (C=O) groups is 2. The smallest absolute Gasteiger partial charge is 0.408 e. The quantitative estimate of drug-likeness (QED) is 0.797. The molecule has 0 aromatic carbocycles. The molecule has 0 aromatic rings. The summed E-state index contributed by atoms with van der Waals surface area (Å²) in [6.45, 7) is 5.33. The van der Waals surface area contributed by atoms with Crippen molar-refractivity contribution >= 4 is 12.0 Å². The summed E-state index contributed by atoms with van der Waals surface area (Å²) in [5, 5.41) is 12.1. The minimum Gasteiger partial charge on any atom is -0.444 e. The molecule has 0 spiro atoms. The predicted molar refractivity (Wildman–Crippen MR) is 93.2 cm³/mol. The first-order valence-electron chi connectivity index (χ1n) is 8.94. The molecule has 0 aromatic heterocycles. The molecule has 1 aliphatic heterocycles. The fraction of sp³-hybridized carbons (Fsp3) is 0.737. The van der Waals surface area contributed by atoms with Crippen LogP contribution in [0.2, 0.25) is 0 Å². The molecule has 2 aliphatic rings. The van der Waals surface area contributed by atoms with Gasteiger partial charge in [-0.25, -0.2) is 4.79 Å². The fourth-order valence-electron chi connectivity index (χ4n) is 3.68.